The van der Waals surface area contributed by atoms with Crippen LogP contribution >= 0.6 is 12.4 Å². The lowest BCUT2D eigenvalue weighted by molar-refractivity contribution is -0.385. The summed E-state index contributed by atoms with van der Waals surface area (Å²) in [6, 6.07) is 4.17. The number of nitro benzene ring substituents is 1. The molecule has 0 saturated carbocycles. The van der Waals surface area contributed by atoms with Gasteiger partial charge in [0.25, 0.3) is 5.69 Å². The Morgan fingerprint density at radius 1 is 1.44 bits per heavy atom. The van der Waals surface area contributed by atoms with Crippen LogP contribution in [0, 0.1) is 10.1 Å². The van der Waals surface area contributed by atoms with Gasteiger partial charge in [0, 0.05) is 31.3 Å². The van der Waals surface area contributed by atoms with Crippen molar-refractivity contribution in [1.82, 2.24) is 14.9 Å². The van der Waals surface area contributed by atoms with E-state index in [1.165, 1.54) is 18.2 Å². The molecule has 1 fully saturated rings. The highest BCUT2D eigenvalue weighted by molar-refractivity contribution is 7.89. The summed E-state index contributed by atoms with van der Waals surface area (Å²) in [5.74, 6) is -0.346. The molecule has 1 aromatic rings. The van der Waals surface area contributed by atoms with Crippen LogP contribution in [0.4, 0.5) is 5.69 Å². The molecule has 2 atom stereocenters. The summed E-state index contributed by atoms with van der Waals surface area (Å²) in [5, 5.41) is 16.8. The normalized spacial score (nSPS) is 18.5. The maximum Gasteiger partial charge on any atom is 0.270 e. The Labute approximate surface area is 165 Å². The number of nitrogens with zero attached hydrogens (tertiary/aromatic N) is 2. The highest BCUT2D eigenvalue weighted by Gasteiger charge is 2.39. The third-order valence-corrected chi connectivity index (χ3v) is 6.18. The molecule has 0 spiro atoms. The van der Waals surface area contributed by atoms with E-state index in [-0.39, 0.29) is 41.5 Å². The van der Waals surface area contributed by atoms with Gasteiger partial charge in [0.15, 0.2) is 0 Å². The summed E-state index contributed by atoms with van der Waals surface area (Å²) in [5.41, 5.74) is -0.300. The second-order valence-electron chi connectivity index (χ2n) is 6.23. The molecule has 2 rings (SSSR count). The third-order valence-electron chi connectivity index (χ3n) is 4.28. The lowest BCUT2D eigenvalue weighted by Gasteiger charge is -2.24. The zero-order valence-electron chi connectivity index (χ0n) is 15.3. The predicted molar refractivity (Wildman–Crippen MR) is 103 cm³/mol. The van der Waals surface area contributed by atoms with Crippen molar-refractivity contribution in [3.05, 3.63) is 34.4 Å². The Bertz CT molecular complexity index is 774. The SMILES string of the molecule is CCN[C@H](C)CNC(=O)C1CCCN1S(=O)(=O)c1cccc([N+](=O)[O-])c1.Cl. The summed E-state index contributed by atoms with van der Waals surface area (Å²) >= 11 is 0. The standard InChI is InChI=1S/C16H24N4O5S.ClH/c1-3-17-12(2)11-18-16(21)15-8-5-9-19(15)26(24,25)14-7-4-6-13(10-14)20(22)23;/h4,6-7,10,12,15,17H,3,5,8-9,11H2,1-2H3,(H,18,21);1H/t12-,15?;/m1./s1. The quantitative estimate of drug-likeness (QED) is 0.482. The average molecular weight is 421 g/mol. The van der Waals surface area contributed by atoms with E-state index in [0.717, 1.165) is 16.9 Å². The molecule has 27 heavy (non-hydrogen) atoms. The number of sulfonamides is 1. The van der Waals surface area contributed by atoms with Gasteiger partial charge in [0.1, 0.15) is 6.04 Å². The second-order valence-corrected chi connectivity index (χ2v) is 8.12. The van der Waals surface area contributed by atoms with Gasteiger partial charge in [-0.05, 0) is 32.4 Å². The summed E-state index contributed by atoms with van der Waals surface area (Å²) in [6.45, 7) is 5.27. The van der Waals surface area contributed by atoms with Gasteiger partial charge in [-0.25, -0.2) is 8.42 Å². The van der Waals surface area contributed by atoms with E-state index >= 15 is 0 Å². The van der Waals surface area contributed by atoms with Crippen LogP contribution in [0.1, 0.15) is 26.7 Å². The number of non-ortho nitro benzene ring substituents is 1. The first kappa shape index (κ1) is 23.3. The Kier molecular flexibility index (Phi) is 8.60. The van der Waals surface area contributed by atoms with Gasteiger partial charge in [-0.2, -0.15) is 4.31 Å². The van der Waals surface area contributed by atoms with Crippen LogP contribution in [0.5, 0.6) is 0 Å². The first-order valence-electron chi connectivity index (χ1n) is 8.54. The van der Waals surface area contributed by atoms with Gasteiger partial charge in [-0.1, -0.05) is 13.0 Å². The second kappa shape index (κ2) is 9.98. The van der Waals surface area contributed by atoms with Crippen molar-refractivity contribution >= 4 is 34.0 Å². The van der Waals surface area contributed by atoms with E-state index in [1.54, 1.807) is 0 Å². The van der Waals surface area contributed by atoms with Crippen LogP contribution in [0.3, 0.4) is 0 Å². The highest BCUT2D eigenvalue weighted by atomic mass is 35.5. The minimum atomic E-state index is -3.99. The topological polar surface area (TPSA) is 122 Å². The van der Waals surface area contributed by atoms with E-state index in [4.69, 9.17) is 0 Å². The Hall–Kier alpha value is -1.75. The number of halogens is 1. The fraction of sp³-hybridized carbons (Fsp3) is 0.562. The van der Waals surface area contributed by atoms with Crippen molar-refractivity contribution in [3.63, 3.8) is 0 Å². The van der Waals surface area contributed by atoms with Gasteiger partial charge in [-0.15, -0.1) is 12.4 Å². The van der Waals surface area contributed by atoms with Gasteiger partial charge in [-0.3, -0.25) is 14.9 Å². The van der Waals surface area contributed by atoms with Crippen molar-refractivity contribution < 1.29 is 18.1 Å². The molecule has 1 saturated heterocycles. The molecule has 0 radical (unpaired) electrons. The highest BCUT2D eigenvalue weighted by Crippen LogP contribution is 2.28. The number of rotatable bonds is 8. The lowest BCUT2D eigenvalue weighted by atomic mass is 10.2. The number of benzene rings is 1. The van der Waals surface area contributed by atoms with Crippen molar-refractivity contribution in [2.24, 2.45) is 0 Å². The molecule has 0 aliphatic carbocycles. The summed E-state index contributed by atoms with van der Waals surface area (Å²) in [6.07, 6.45) is 0.991. The maximum atomic E-state index is 12.9. The number of carbonyl (C=O) groups excluding carboxylic acids is 1. The van der Waals surface area contributed by atoms with E-state index in [9.17, 15) is 23.3 Å². The average Bonchev–Trinajstić information content (AvgIpc) is 3.10. The van der Waals surface area contributed by atoms with Crippen LogP contribution in [0.25, 0.3) is 0 Å². The van der Waals surface area contributed by atoms with Gasteiger partial charge < -0.3 is 10.6 Å². The molecule has 2 N–H and O–H groups in total. The van der Waals surface area contributed by atoms with Gasteiger partial charge in [0.2, 0.25) is 15.9 Å². The number of hydrogen-bond donors (Lipinski definition) is 2. The van der Waals surface area contributed by atoms with Crippen molar-refractivity contribution in [3.8, 4) is 0 Å². The molecular weight excluding hydrogens is 396 g/mol. The summed E-state index contributed by atoms with van der Waals surface area (Å²) in [7, 11) is -3.99. The lowest BCUT2D eigenvalue weighted by Crippen LogP contribution is -2.48. The van der Waals surface area contributed by atoms with Gasteiger partial charge >= 0.3 is 0 Å². The maximum absolute atomic E-state index is 12.9. The van der Waals surface area contributed by atoms with Gasteiger partial charge in [0.05, 0.1) is 9.82 Å². The molecule has 1 amide bonds. The van der Waals surface area contributed by atoms with E-state index < -0.39 is 21.0 Å². The Balaban J connectivity index is 0.00000364. The number of hydrogen-bond acceptors (Lipinski definition) is 6. The smallest absolute Gasteiger partial charge is 0.270 e. The minimum absolute atomic E-state index is 0. The number of nitro groups is 1. The van der Waals surface area contributed by atoms with Crippen molar-refractivity contribution in [2.75, 3.05) is 19.6 Å². The largest absolute Gasteiger partial charge is 0.353 e. The fourth-order valence-corrected chi connectivity index (χ4v) is 4.67. The molecular formula is C16H25ClN4O5S. The molecule has 1 unspecified atom stereocenters. The molecule has 1 aliphatic heterocycles. The van der Waals surface area contributed by atoms with Crippen molar-refractivity contribution in [2.45, 2.75) is 43.7 Å². The molecule has 11 heteroatoms. The van der Waals surface area contributed by atoms with Crippen LogP contribution < -0.4 is 10.6 Å². The third kappa shape index (κ3) is 5.61. The van der Waals surface area contributed by atoms with Crippen molar-refractivity contribution in [1.29, 1.82) is 0 Å². The summed E-state index contributed by atoms with van der Waals surface area (Å²) < 4.78 is 26.9. The number of likely N-dealkylation sites (N-methyl/N-ethyl adjacent to an activating group) is 1. The number of carbonyl (C=O) groups is 1. The zero-order chi connectivity index (χ0) is 19.3. The van der Waals surface area contributed by atoms with Crippen LogP contribution in [-0.4, -0.2) is 55.3 Å². The monoisotopic (exact) mass is 420 g/mol. The molecule has 1 heterocycles. The Morgan fingerprint density at radius 3 is 2.78 bits per heavy atom. The first-order chi connectivity index (χ1) is 12.3. The molecule has 152 valence electrons. The van der Waals surface area contributed by atoms with E-state index in [1.807, 2.05) is 13.8 Å². The van der Waals surface area contributed by atoms with Crippen LogP contribution in [-0.2, 0) is 14.8 Å². The van der Waals surface area contributed by atoms with E-state index in [0.29, 0.717) is 19.4 Å². The first-order valence-corrected chi connectivity index (χ1v) is 9.98. The molecule has 0 aromatic heterocycles. The minimum Gasteiger partial charge on any atom is -0.353 e. The Morgan fingerprint density at radius 2 is 2.15 bits per heavy atom. The predicted octanol–water partition coefficient (Wildman–Crippen LogP) is 1.28. The van der Waals surface area contributed by atoms with Crippen LogP contribution in [0.15, 0.2) is 29.2 Å². The number of nitrogens with one attached hydrogen (secondary N) is 2. The van der Waals surface area contributed by atoms with Crippen LogP contribution in [0.2, 0.25) is 0 Å². The molecule has 9 nitrogen and oxygen atoms in total. The zero-order valence-corrected chi connectivity index (χ0v) is 16.9. The molecule has 0 bridgehead atoms. The molecule has 1 aliphatic rings. The van der Waals surface area contributed by atoms with E-state index in [2.05, 4.69) is 10.6 Å². The fourth-order valence-electron chi connectivity index (χ4n) is 2.97. The summed E-state index contributed by atoms with van der Waals surface area (Å²) in [4.78, 5) is 22.6. The molecule has 1 aromatic carbocycles. The number of amides is 1.